The van der Waals surface area contributed by atoms with Gasteiger partial charge in [-0.2, -0.15) is 0 Å². The number of hydrogen-bond donors (Lipinski definition) is 1. The van der Waals surface area contributed by atoms with E-state index < -0.39 is 0 Å². The SMILES string of the molecule is CCNC(C)c1ccc(Br)cc1OCc1nncn1C. The Balaban J connectivity index is 2.17. The Kier molecular flexibility index (Phi) is 5.14. The van der Waals surface area contributed by atoms with E-state index in [0.29, 0.717) is 6.61 Å². The lowest BCUT2D eigenvalue weighted by atomic mass is 10.1. The number of halogens is 1. The van der Waals surface area contributed by atoms with Gasteiger partial charge in [0.05, 0.1) is 0 Å². The summed E-state index contributed by atoms with van der Waals surface area (Å²) in [7, 11) is 1.90. The maximum atomic E-state index is 5.92. The molecule has 0 radical (unpaired) electrons. The van der Waals surface area contributed by atoms with Gasteiger partial charge in [-0.1, -0.05) is 28.9 Å². The number of nitrogens with one attached hydrogen (secondary N) is 1. The molecule has 0 bridgehead atoms. The van der Waals surface area contributed by atoms with Gasteiger partial charge in [0, 0.05) is 23.1 Å². The van der Waals surface area contributed by atoms with Crippen LogP contribution >= 0.6 is 15.9 Å². The smallest absolute Gasteiger partial charge is 0.170 e. The van der Waals surface area contributed by atoms with E-state index in [-0.39, 0.29) is 6.04 Å². The molecule has 6 heteroatoms. The molecule has 2 aromatic rings. The predicted molar refractivity (Wildman–Crippen MR) is 81.6 cm³/mol. The van der Waals surface area contributed by atoms with E-state index in [1.54, 1.807) is 6.33 Å². The Bertz CT molecular complexity index is 570. The lowest BCUT2D eigenvalue weighted by Gasteiger charge is -2.18. The molecule has 20 heavy (non-hydrogen) atoms. The summed E-state index contributed by atoms with van der Waals surface area (Å²) in [5.74, 6) is 1.66. The summed E-state index contributed by atoms with van der Waals surface area (Å²) in [5.41, 5.74) is 1.14. The molecular formula is C14H19BrN4O. The topological polar surface area (TPSA) is 52.0 Å². The van der Waals surface area contributed by atoms with Crippen molar-refractivity contribution in [2.24, 2.45) is 7.05 Å². The summed E-state index contributed by atoms with van der Waals surface area (Å²) in [4.78, 5) is 0. The van der Waals surface area contributed by atoms with Gasteiger partial charge in [0.25, 0.3) is 0 Å². The Morgan fingerprint density at radius 2 is 2.25 bits per heavy atom. The van der Waals surface area contributed by atoms with Gasteiger partial charge in [-0.3, -0.25) is 0 Å². The number of aromatic nitrogens is 3. The molecule has 1 aromatic heterocycles. The maximum absolute atomic E-state index is 5.92. The second-order valence-corrected chi connectivity index (χ2v) is 5.52. The third-order valence-corrected chi connectivity index (χ3v) is 3.61. The van der Waals surface area contributed by atoms with Crippen molar-refractivity contribution >= 4 is 15.9 Å². The molecule has 2 rings (SSSR count). The lowest BCUT2D eigenvalue weighted by Crippen LogP contribution is -2.18. The third kappa shape index (κ3) is 3.58. The summed E-state index contributed by atoms with van der Waals surface area (Å²) >= 11 is 3.48. The zero-order valence-electron chi connectivity index (χ0n) is 11.9. The molecule has 0 aliphatic rings. The molecular weight excluding hydrogens is 320 g/mol. The standard InChI is InChI=1S/C14H19BrN4O/c1-4-16-10(2)12-6-5-11(15)7-13(12)20-8-14-18-17-9-19(14)3/h5-7,9-10,16H,4,8H2,1-3H3. The van der Waals surface area contributed by atoms with E-state index in [0.717, 1.165) is 28.2 Å². The van der Waals surface area contributed by atoms with Crippen LogP contribution in [0.25, 0.3) is 0 Å². The van der Waals surface area contributed by atoms with Gasteiger partial charge in [0.15, 0.2) is 5.82 Å². The molecule has 1 aromatic carbocycles. The molecule has 0 saturated carbocycles. The Morgan fingerprint density at radius 1 is 1.45 bits per heavy atom. The van der Waals surface area contributed by atoms with Crippen LogP contribution in [0, 0.1) is 0 Å². The van der Waals surface area contributed by atoms with E-state index in [1.165, 1.54) is 0 Å². The fraction of sp³-hybridized carbons (Fsp3) is 0.429. The number of ether oxygens (including phenoxy) is 1. The predicted octanol–water partition coefficient (Wildman–Crippen LogP) is 2.83. The third-order valence-electron chi connectivity index (χ3n) is 3.11. The van der Waals surface area contributed by atoms with Crippen molar-refractivity contribution in [2.75, 3.05) is 6.54 Å². The van der Waals surface area contributed by atoms with Crippen molar-refractivity contribution in [3.8, 4) is 5.75 Å². The van der Waals surface area contributed by atoms with E-state index in [4.69, 9.17) is 4.74 Å². The molecule has 0 aliphatic heterocycles. The summed E-state index contributed by atoms with van der Waals surface area (Å²) in [6, 6.07) is 6.32. The van der Waals surface area contributed by atoms with Gasteiger partial charge in [-0.05, 0) is 25.6 Å². The molecule has 1 N–H and O–H groups in total. The Morgan fingerprint density at radius 3 is 2.90 bits per heavy atom. The Hall–Kier alpha value is -1.40. The van der Waals surface area contributed by atoms with Crippen LogP contribution in [0.2, 0.25) is 0 Å². The summed E-state index contributed by atoms with van der Waals surface area (Å²) in [6.45, 7) is 5.54. The van der Waals surface area contributed by atoms with Crippen LogP contribution in [0.15, 0.2) is 29.0 Å². The molecule has 0 spiro atoms. The molecule has 0 aliphatic carbocycles. The van der Waals surface area contributed by atoms with Crippen LogP contribution in [0.3, 0.4) is 0 Å². The number of aryl methyl sites for hydroxylation is 1. The van der Waals surface area contributed by atoms with E-state index >= 15 is 0 Å². The van der Waals surface area contributed by atoms with Crippen LogP contribution in [0.4, 0.5) is 0 Å². The molecule has 1 heterocycles. The average molecular weight is 339 g/mol. The average Bonchev–Trinajstić information content (AvgIpc) is 2.82. The lowest BCUT2D eigenvalue weighted by molar-refractivity contribution is 0.285. The van der Waals surface area contributed by atoms with Crippen molar-refractivity contribution in [1.29, 1.82) is 0 Å². The van der Waals surface area contributed by atoms with Crippen molar-refractivity contribution in [3.63, 3.8) is 0 Å². The van der Waals surface area contributed by atoms with E-state index in [1.807, 2.05) is 23.7 Å². The highest BCUT2D eigenvalue weighted by Gasteiger charge is 2.12. The summed E-state index contributed by atoms with van der Waals surface area (Å²) in [5, 5.41) is 11.3. The van der Waals surface area contributed by atoms with Gasteiger partial charge >= 0.3 is 0 Å². The number of hydrogen-bond acceptors (Lipinski definition) is 4. The second-order valence-electron chi connectivity index (χ2n) is 4.61. The highest BCUT2D eigenvalue weighted by atomic mass is 79.9. The molecule has 108 valence electrons. The minimum absolute atomic E-state index is 0.239. The van der Waals surface area contributed by atoms with Gasteiger partial charge in [0.1, 0.15) is 18.7 Å². The molecule has 0 fully saturated rings. The Labute approximate surface area is 127 Å². The first kappa shape index (κ1) is 15.0. The highest BCUT2D eigenvalue weighted by Crippen LogP contribution is 2.29. The van der Waals surface area contributed by atoms with Gasteiger partial charge in [-0.15, -0.1) is 10.2 Å². The first-order valence-electron chi connectivity index (χ1n) is 6.60. The number of benzene rings is 1. The fourth-order valence-electron chi connectivity index (χ4n) is 1.99. The van der Waals surface area contributed by atoms with Crippen LogP contribution in [-0.4, -0.2) is 21.3 Å². The minimum Gasteiger partial charge on any atom is -0.485 e. The van der Waals surface area contributed by atoms with Crippen molar-refractivity contribution in [3.05, 3.63) is 40.4 Å². The zero-order chi connectivity index (χ0) is 14.5. The molecule has 0 amide bonds. The molecule has 1 atom stereocenters. The van der Waals surface area contributed by atoms with Crippen molar-refractivity contribution in [2.45, 2.75) is 26.5 Å². The van der Waals surface area contributed by atoms with Crippen molar-refractivity contribution in [1.82, 2.24) is 20.1 Å². The first-order valence-corrected chi connectivity index (χ1v) is 7.39. The van der Waals surface area contributed by atoms with Gasteiger partial charge in [-0.25, -0.2) is 0 Å². The van der Waals surface area contributed by atoms with Gasteiger partial charge < -0.3 is 14.6 Å². The minimum atomic E-state index is 0.239. The molecule has 0 saturated heterocycles. The zero-order valence-corrected chi connectivity index (χ0v) is 13.5. The van der Waals surface area contributed by atoms with Crippen LogP contribution < -0.4 is 10.1 Å². The summed E-state index contributed by atoms with van der Waals surface area (Å²) < 4.78 is 8.77. The first-order chi connectivity index (χ1) is 9.61. The van der Waals surface area contributed by atoms with Gasteiger partial charge in [0.2, 0.25) is 0 Å². The largest absolute Gasteiger partial charge is 0.485 e. The molecule has 5 nitrogen and oxygen atoms in total. The van der Waals surface area contributed by atoms with Crippen LogP contribution in [0.1, 0.15) is 31.3 Å². The van der Waals surface area contributed by atoms with E-state index in [2.05, 4.69) is 51.4 Å². The molecule has 1 unspecified atom stereocenters. The van der Waals surface area contributed by atoms with Crippen LogP contribution in [-0.2, 0) is 13.7 Å². The highest BCUT2D eigenvalue weighted by molar-refractivity contribution is 9.10. The number of rotatable bonds is 6. The maximum Gasteiger partial charge on any atom is 0.170 e. The summed E-state index contributed by atoms with van der Waals surface area (Å²) in [6.07, 6.45) is 1.67. The normalized spacial score (nSPS) is 12.4. The van der Waals surface area contributed by atoms with Crippen molar-refractivity contribution < 1.29 is 4.74 Å². The van der Waals surface area contributed by atoms with Crippen LogP contribution in [0.5, 0.6) is 5.75 Å². The monoisotopic (exact) mass is 338 g/mol. The fourth-order valence-corrected chi connectivity index (χ4v) is 2.33. The quantitative estimate of drug-likeness (QED) is 0.879. The number of nitrogens with zero attached hydrogens (tertiary/aromatic N) is 3. The second kappa shape index (κ2) is 6.85. The van der Waals surface area contributed by atoms with E-state index in [9.17, 15) is 0 Å².